The van der Waals surface area contributed by atoms with Gasteiger partial charge >= 0.3 is 6.03 Å². The molecule has 0 spiro atoms. The third-order valence-corrected chi connectivity index (χ3v) is 3.83. The van der Waals surface area contributed by atoms with E-state index in [2.05, 4.69) is 15.2 Å². The van der Waals surface area contributed by atoms with Crippen LogP contribution in [0.2, 0.25) is 0 Å². The van der Waals surface area contributed by atoms with Crippen molar-refractivity contribution in [3.05, 3.63) is 24.4 Å². The van der Waals surface area contributed by atoms with Gasteiger partial charge in [-0.25, -0.2) is 9.78 Å². The van der Waals surface area contributed by atoms with E-state index in [1.807, 2.05) is 32.0 Å². The number of hydrogen-bond donors (Lipinski definition) is 2. The van der Waals surface area contributed by atoms with Crippen LogP contribution in [-0.4, -0.2) is 58.8 Å². The highest BCUT2D eigenvalue weighted by Crippen LogP contribution is 2.17. The number of hydrogen-bond acceptors (Lipinski definition) is 4. The van der Waals surface area contributed by atoms with E-state index in [0.29, 0.717) is 6.54 Å². The van der Waals surface area contributed by atoms with Crippen molar-refractivity contribution in [2.75, 3.05) is 24.5 Å². The van der Waals surface area contributed by atoms with Crippen LogP contribution < -0.4 is 10.2 Å². The summed E-state index contributed by atoms with van der Waals surface area (Å²) in [7, 11) is 0. The van der Waals surface area contributed by atoms with Crippen molar-refractivity contribution in [1.82, 2.24) is 15.2 Å². The minimum atomic E-state index is -0.526. The molecule has 2 rings (SSSR count). The number of carbonyl (C=O) groups is 1. The van der Waals surface area contributed by atoms with Crippen LogP contribution >= 0.6 is 0 Å². The average molecular weight is 306 g/mol. The van der Waals surface area contributed by atoms with Crippen LogP contribution in [0.3, 0.4) is 0 Å². The Bertz CT molecular complexity index is 478. The lowest BCUT2D eigenvalue weighted by atomic mass is 10.2. The van der Waals surface area contributed by atoms with Gasteiger partial charge in [0.05, 0.1) is 6.10 Å². The van der Waals surface area contributed by atoms with Gasteiger partial charge < -0.3 is 20.2 Å². The topological polar surface area (TPSA) is 68.7 Å². The van der Waals surface area contributed by atoms with Gasteiger partial charge in [-0.05, 0) is 39.3 Å². The standard InChI is InChI=1S/C16H26N4O2/c1-12(2)20(10-13(3)21)16(22)18-14-7-9-19(11-14)15-6-4-5-8-17-15/h4-6,8,12-14,21H,7,9-11H2,1-3H3,(H,18,22). The molecule has 2 unspecified atom stereocenters. The van der Waals surface area contributed by atoms with E-state index in [1.165, 1.54) is 0 Å². The molecule has 22 heavy (non-hydrogen) atoms. The van der Waals surface area contributed by atoms with E-state index < -0.39 is 6.10 Å². The van der Waals surface area contributed by atoms with Gasteiger partial charge in [0.1, 0.15) is 5.82 Å². The quantitative estimate of drug-likeness (QED) is 0.864. The maximum absolute atomic E-state index is 12.4. The van der Waals surface area contributed by atoms with Gasteiger partial charge in [0.15, 0.2) is 0 Å². The highest BCUT2D eigenvalue weighted by Gasteiger charge is 2.27. The Morgan fingerprint density at radius 1 is 1.50 bits per heavy atom. The van der Waals surface area contributed by atoms with E-state index in [-0.39, 0.29) is 18.1 Å². The molecular weight excluding hydrogens is 280 g/mol. The normalized spacial score (nSPS) is 19.3. The monoisotopic (exact) mass is 306 g/mol. The lowest BCUT2D eigenvalue weighted by molar-refractivity contribution is 0.117. The van der Waals surface area contributed by atoms with Gasteiger partial charge in [-0.15, -0.1) is 0 Å². The molecule has 1 aromatic heterocycles. The third-order valence-electron chi connectivity index (χ3n) is 3.83. The molecule has 1 fully saturated rings. The number of anilines is 1. The van der Waals surface area contributed by atoms with E-state index in [4.69, 9.17) is 0 Å². The zero-order valence-corrected chi connectivity index (χ0v) is 13.6. The molecule has 0 saturated carbocycles. The zero-order valence-electron chi connectivity index (χ0n) is 13.6. The van der Waals surface area contributed by atoms with E-state index in [0.717, 1.165) is 25.3 Å². The molecule has 0 aliphatic carbocycles. The number of amides is 2. The third kappa shape index (κ3) is 4.34. The summed E-state index contributed by atoms with van der Waals surface area (Å²) in [5.74, 6) is 0.948. The Labute approximate surface area is 132 Å². The van der Waals surface area contributed by atoms with Crippen LogP contribution in [0, 0.1) is 0 Å². The molecule has 2 N–H and O–H groups in total. The maximum Gasteiger partial charge on any atom is 0.317 e. The van der Waals surface area contributed by atoms with Crippen LogP contribution in [-0.2, 0) is 0 Å². The van der Waals surface area contributed by atoms with E-state index >= 15 is 0 Å². The van der Waals surface area contributed by atoms with Crippen molar-refractivity contribution in [2.45, 2.75) is 45.4 Å². The molecule has 1 aromatic rings. The van der Waals surface area contributed by atoms with Gasteiger partial charge in [-0.3, -0.25) is 0 Å². The number of nitrogens with one attached hydrogen (secondary N) is 1. The molecule has 6 nitrogen and oxygen atoms in total. The molecule has 122 valence electrons. The Kier molecular flexibility index (Phi) is 5.60. The minimum absolute atomic E-state index is 0.0582. The number of nitrogens with zero attached hydrogens (tertiary/aromatic N) is 3. The lowest BCUT2D eigenvalue weighted by Gasteiger charge is -2.29. The Morgan fingerprint density at radius 2 is 2.27 bits per heavy atom. The summed E-state index contributed by atoms with van der Waals surface area (Å²) in [5, 5.41) is 12.6. The van der Waals surface area contributed by atoms with Crippen molar-refractivity contribution < 1.29 is 9.90 Å². The molecule has 2 amide bonds. The predicted molar refractivity (Wildman–Crippen MR) is 86.9 cm³/mol. The smallest absolute Gasteiger partial charge is 0.317 e. The average Bonchev–Trinajstić information content (AvgIpc) is 2.93. The Hall–Kier alpha value is -1.82. The first-order valence-electron chi connectivity index (χ1n) is 7.88. The van der Waals surface area contributed by atoms with Gasteiger partial charge in [-0.2, -0.15) is 0 Å². The van der Waals surface area contributed by atoms with Crippen molar-refractivity contribution in [1.29, 1.82) is 0 Å². The van der Waals surface area contributed by atoms with Crippen molar-refractivity contribution in [2.24, 2.45) is 0 Å². The summed E-state index contributed by atoms with van der Waals surface area (Å²) in [6.07, 6.45) is 2.16. The molecule has 2 atom stereocenters. The van der Waals surface area contributed by atoms with Crippen LogP contribution in [0.5, 0.6) is 0 Å². The van der Waals surface area contributed by atoms with Crippen LogP contribution in [0.4, 0.5) is 10.6 Å². The highest BCUT2D eigenvalue weighted by atomic mass is 16.3. The summed E-state index contributed by atoms with van der Waals surface area (Å²) >= 11 is 0. The molecule has 1 saturated heterocycles. The molecule has 0 bridgehead atoms. The fraction of sp³-hybridized carbons (Fsp3) is 0.625. The number of aliphatic hydroxyl groups excluding tert-OH is 1. The molecule has 1 aliphatic rings. The van der Waals surface area contributed by atoms with Crippen LogP contribution in [0.15, 0.2) is 24.4 Å². The number of carbonyl (C=O) groups excluding carboxylic acids is 1. The van der Waals surface area contributed by atoms with Gasteiger partial charge in [0.2, 0.25) is 0 Å². The molecule has 1 aliphatic heterocycles. The fourth-order valence-electron chi connectivity index (χ4n) is 2.70. The maximum atomic E-state index is 12.4. The molecule has 6 heteroatoms. The van der Waals surface area contributed by atoms with E-state index in [9.17, 15) is 9.90 Å². The van der Waals surface area contributed by atoms with Crippen molar-refractivity contribution in [3.8, 4) is 0 Å². The molecular formula is C16H26N4O2. The van der Waals surface area contributed by atoms with Crippen molar-refractivity contribution >= 4 is 11.8 Å². The summed E-state index contributed by atoms with van der Waals surface area (Å²) < 4.78 is 0. The summed E-state index contributed by atoms with van der Waals surface area (Å²) in [4.78, 5) is 20.6. The number of pyridine rings is 1. The lowest BCUT2D eigenvalue weighted by Crippen LogP contribution is -2.50. The van der Waals surface area contributed by atoms with Crippen molar-refractivity contribution in [3.63, 3.8) is 0 Å². The highest BCUT2D eigenvalue weighted by molar-refractivity contribution is 5.75. The second-order valence-corrected chi connectivity index (χ2v) is 6.16. The molecule has 0 aromatic carbocycles. The molecule has 2 heterocycles. The van der Waals surface area contributed by atoms with Gasteiger partial charge in [-0.1, -0.05) is 6.07 Å². The van der Waals surface area contributed by atoms with Gasteiger partial charge in [0, 0.05) is 37.9 Å². The minimum Gasteiger partial charge on any atom is -0.392 e. The number of urea groups is 1. The summed E-state index contributed by atoms with van der Waals surface area (Å²) in [5.41, 5.74) is 0. The summed E-state index contributed by atoms with van der Waals surface area (Å²) in [6.45, 7) is 7.61. The second-order valence-electron chi connectivity index (χ2n) is 6.16. The number of aromatic nitrogens is 1. The number of rotatable bonds is 5. The SMILES string of the molecule is CC(O)CN(C(=O)NC1CCN(c2ccccn2)C1)C(C)C. The van der Waals surface area contributed by atoms with Crippen LogP contribution in [0.1, 0.15) is 27.2 Å². The first kappa shape index (κ1) is 16.5. The summed E-state index contributed by atoms with van der Waals surface area (Å²) in [6, 6.07) is 5.92. The number of aliphatic hydroxyl groups is 1. The second kappa shape index (κ2) is 7.45. The zero-order chi connectivity index (χ0) is 16.1. The molecule has 0 radical (unpaired) electrons. The van der Waals surface area contributed by atoms with E-state index in [1.54, 1.807) is 18.0 Å². The Balaban J connectivity index is 1.90. The predicted octanol–water partition coefficient (Wildman–Crippen LogP) is 1.46. The first-order valence-corrected chi connectivity index (χ1v) is 7.88. The van der Waals surface area contributed by atoms with Gasteiger partial charge in [0.25, 0.3) is 0 Å². The largest absolute Gasteiger partial charge is 0.392 e. The Morgan fingerprint density at radius 3 is 2.86 bits per heavy atom. The first-order chi connectivity index (χ1) is 10.5. The van der Waals surface area contributed by atoms with Crippen LogP contribution in [0.25, 0.3) is 0 Å². The fourth-order valence-corrected chi connectivity index (χ4v) is 2.70.